The van der Waals surface area contributed by atoms with Crippen LogP contribution in [0, 0.1) is 13.8 Å². The normalized spacial score (nSPS) is 10.4. The number of carbonyl (C=O) groups excluding carboxylic acids is 2. The van der Waals surface area contributed by atoms with Crippen molar-refractivity contribution in [2.45, 2.75) is 20.5 Å². The van der Waals surface area contributed by atoms with Crippen molar-refractivity contribution in [2.75, 3.05) is 5.32 Å². The molecule has 1 heterocycles. The molecule has 1 amide bonds. The highest BCUT2D eigenvalue weighted by molar-refractivity contribution is 7.12. The minimum Gasteiger partial charge on any atom is -0.457 e. The number of hydrogen-bond acceptors (Lipinski definition) is 4. The molecule has 3 rings (SSSR count). The number of benzene rings is 2. The molecule has 0 aliphatic heterocycles. The summed E-state index contributed by atoms with van der Waals surface area (Å²) in [6.45, 7) is 4.05. The van der Waals surface area contributed by atoms with E-state index in [0.29, 0.717) is 11.1 Å². The SMILES string of the molecule is Cc1cc(C(=O)OCc2ccc(C(=O)Nc3ccccc3)cc2)c(C)s1. The molecular formula is C21H19NO3S. The van der Waals surface area contributed by atoms with Crippen molar-refractivity contribution in [3.8, 4) is 0 Å². The third kappa shape index (κ3) is 4.37. The van der Waals surface area contributed by atoms with Crippen molar-refractivity contribution in [1.29, 1.82) is 0 Å². The van der Waals surface area contributed by atoms with Crippen LogP contribution in [0.15, 0.2) is 60.7 Å². The first-order valence-corrected chi connectivity index (χ1v) is 9.04. The molecule has 2 aromatic carbocycles. The van der Waals surface area contributed by atoms with Crippen LogP contribution in [-0.2, 0) is 11.3 Å². The topological polar surface area (TPSA) is 55.4 Å². The number of ether oxygens (including phenoxy) is 1. The fourth-order valence-electron chi connectivity index (χ4n) is 2.54. The smallest absolute Gasteiger partial charge is 0.339 e. The Bertz CT molecular complexity index is 914. The van der Waals surface area contributed by atoms with Gasteiger partial charge in [0.15, 0.2) is 0 Å². The lowest BCUT2D eigenvalue weighted by Crippen LogP contribution is -2.12. The molecule has 0 aliphatic carbocycles. The molecule has 5 heteroatoms. The number of aryl methyl sites for hydroxylation is 2. The summed E-state index contributed by atoms with van der Waals surface area (Å²) in [7, 11) is 0. The highest BCUT2D eigenvalue weighted by Crippen LogP contribution is 2.21. The first-order valence-electron chi connectivity index (χ1n) is 8.22. The molecule has 3 aromatic rings. The number of thiophene rings is 1. The summed E-state index contributed by atoms with van der Waals surface area (Å²) in [6, 6.07) is 18.2. The number of carbonyl (C=O) groups is 2. The van der Waals surface area contributed by atoms with E-state index in [1.807, 2.05) is 50.2 Å². The van der Waals surface area contributed by atoms with Gasteiger partial charge in [-0.3, -0.25) is 4.79 Å². The summed E-state index contributed by atoms with van der Waals surface area (Å²) in [6.07, 6.45) is 0. The predicted octanol–water partition coefficient (Wildman–Crippen LogP) is 4.97. The van der Waals surface area contributed by atoms with Gasteiger partial charge in [-0.25, -0.2) is 4.79 Å². The molecule has 4 nitrogen and oxygen atoms in total. The van der Waals surface area contributed by atoms with E-state index in [1.165, 1.54) is 0 Å². The van der Waals surface area contributed by atoms with Crippen molar-refractivity contribution in [2.24, 2.45) is 0 Å². The van der Waals surface area contributed by atoms with Crippen LogP contribution >= 0.6 is 11.3 Å². The summed E-state index contributed by atoms with van der Waals surface area (Å²) in [5, 5.41) is 2.83. The predicted molar refractivity (Wildman–Crippen MR) is 104 cm³/mol. The van der Waals surface area contributed by atoms with E-state index in [2.05, 4.69) is 5.32 Å². The molecule has 0 bridgehead atoms. The van der Waals surface area contributed by atoms with Gasteiger partial charge < -0.3 is 10.1 Å². The molecule has 1 aromatic heterocycles. The fourth-order valence-corrected chi connectivity index (χ4v) is 3.45. The Morgan fingerprint density at radius 2 is 1.69 bits per heavy atom. The van der Waals surface area contributed by atoms with Crippen molar-refractivity contribution >= 4 is 28.9 Å². The molecule has 0 saturated heterocycles. The largest absolute Gasteiger partial charge is 0.457 e. The van der Waals surface area contributed by atoms with Crippen LogP contribution in [0.4, 0.5) is 5.69 Å². The summed E-state index contributed by atoms with van der Waals surface area (Å²) in [5.74, 6) is -0.498. The number of anilines is 1. The van der Waals surface area contributed by atoms with Crippen LogP contribution < -0.4 is 5.32 Å². The molecule has 0 unspecified atom stereocenters. The fraction of sp³-hybridized carbons (Fsp3) is 0.143. The molecule has 26 heavy (non-hydrogen) atoms. The maximum absolute atomic E-state index is 12.2. The Kier molecular flexibility index (Phi) is 5.49. The molecule has 0 atom stereocenters. The van der Waals surface area contributed by atoms with Gasteiger partial charge in [0.1, 0.15) is 6.61 Å². The second-order valence-electron chi connectivity index (χ2n) is 5.92. The molecule has 0 spiro atoms. The van der Waals surface area contributed by atoms with Gasteiger partial charge in [0.25, 0.3) is 5.91 Å². The molecule has 0 fully saturated rings. The first kappa shape index (κ1) is 17.9. The number of amides is 1. The molecule has 132 valence electrons. The van der Waals surface area contributed by atoms with Crippen molar-refractivity contribution < 1.29 is 14.3 Å². The van der Waals surface area contributed by atoms with Crippen molar-refractivity contribution in [1.82, 2.24) is 0 Å². The van der Waals surface area contributed by atoms with Gasteiger partial charge in [-0.1, -0.05) is 30.3 Å². The van der Waals surface area contributed by atoms with Gasteiger partial charge in [0.05, 0.1) is 5.56 Å². The highest BCUT2D eigenvalue weighted by atomic mass is 32.1. The van der Waals surface area contributed by atoms with Gasteiger partial charge in [0.2, 0.25) is 0 Å². The number of nitrogens with one attached hydrogen (secondary N) is 1. The van der Waals surface area contributed by atoms with Crippen LogP contribution in [0.25, 0.3) is 0 Å². The minimum absolute atomic E-state index is 0.174. The van der Waals surface area contributed by atoms with Crippen LogP contribution in [0.3, 0.4) is 0 Å². The van der Waals surface area contributed by atoms with Crippen LogP contribution in [0.5, 0.6) is 0 Å². The number of rotatable bonds is 5. The quantitative estimate of drug-likeness (QED) is 0.649. The lowest BCUT2D eigenvalue weighted by atomic mass is 10.1. The van der Waals surface area contributed by atoms with Gasteiger partial charge in [-0.05, 0) is 49.7 Å². The third-order valence-corrected chi connectivity index (χ3v) is 4.84. The second-order valence-corrected chi connectivity index (χ2v) is 7.38. The Balaban J connectivity index is 1.58. The summed E-state index contributed by atoms with van der Waals surface area (Å²) >= 11 is 1.58. The Hall–Kier alpha value is -2.92. The third-order valence-electron chi connectivity index (χ3n) is 3.88. The summed E-state index contributed by atoms with van der Waals surface area (Å²) in [5.41, 5.74) is 2.75. The molecule has 0 aliphatic rings. The molecule has 1 N–H and O–H groups in total. The van der Waals surface area contributed by atoms with E-state index in [0.717, 1.165) is 21.0 Å². The highest BCUT2D eigenvalue weighted by Gasteiger charge is 2.13. The summed E-state index contributed by atoms with van der Waals surface area (Å²) < 4.78 is 5.37. The Morgan fingerprint density at radius 3 is 2.31 bits per heavy atom. The van der Waals surface area contributed by atoms with Crippen molar-refractivity contribution in [3.05, 3.63) is 87.1 Å². The Morgan fingerprint density at radius 1 is 1.00 bits per heavy atom. The zero-order valence-electron chi connectivity index (χ0n) is 14.6. The molecule has 0 saturated carbocycles. The standard InChI is InChI=1S/C21H19NO3S/c1-14-12-19(15(2)26-14)21(24)25-13-16-8-10-17(11-9-16)20(23)22-18-6-4-3-5-7-18/h3-12H,13H2,1-2H3,(H,22,23). The van der Waals surface area contributed by atoms with E-state index in [4.69, 9.17) is 4.74 Å². The number of esters is 1. The van der Waals surface area contributed by atoms with Gasteiger partial charge >= 0.3 is 5.97 Å². The van der Waals surface area contributed by atoms with Crippen LogP contribution in [0.1, 0.15) is 36.0 Å². The van der Waals surface area contributed by atoms with E-state index < -0.39 is 0 Å². The maximum atomic E-state index is 12.2. The van der Waals surface area contributed by atoms with Gasteiger partial charge in [-0.2, -0.15) is 0 Å². The van der Waals surface area contributed by atoms with Crippen molar-refractivity contribution in [3.63, 3.8) is 0 Å². The average molecular weight is 365 g/mol. The second kappa shape index (κ2) is 7.97. The van der Waals surface area contributed by atoms with E-state index in [9.17, 15) is 9.59 Å². The monoisotopic (exact) mass is 365 g/mol. The van der Waals surface area contributed by atoms with Crippen LogP contribution in [-0.4, -0.2) is 11.9 Å². The minimum atomic E-state index is -0.322. The number of para-hydroxylation sites is 1. The van der Waals surface area contributed by atoms with E-state index in [-0.39, 0.29) is 18.5 Å². The lowest BCUT2D eigenvalue weighted by molar-refractivity contribution is 0.0472. The maximum Gasteiger partial charge on any atom is 0.339 e. The van der Waals surface area contributed by atoms with E-state index >= 15 is 0 Å². The molecular weight excluding hydrogens is 346 g/mol. The average Bonchev–Trinajstić information content (AvgIpc) is 2.99. The zero-order chi connectivity index (χ0) is 18.5. The molecule has 0 radical (unpaired) electrons. The summed E-state index contributed by atoms with van der Waals surface area (Å²) in [4.78, 5) is 26.4. The van der Waals surface area contributed by atoms with E-state index in [1.54, 1.807) is 35.6 Å². The van der Waals surface area contributed by atoms with Crippen LogP contribution in [0.2, 0.25) is 0 Å². The van der Waals surface area contributed by atoms with Gasteiger partial charge in [0, 0.05) is 21.0 Å². The Labute approximate surface area is 156 Å². The van der Waals surface area contributed by atoms with Gasteiger partial charge in [-0.15, -0.1) is 11.3 Å². The number of hydrogen-bond donors (Lipinski definition) is 1. The zero-order valence-corrected chi connectivity index (χ0v) is 15.4. The lowest BCUT2D eigenvalue weighted by Gasteiger charge is -2.07. The first-order chi connectivity index (χ1) is 12.5.